The highest BCUT2D eigenvalue weighted by molar-refractivity contribution is 7.89. The zero-order valence-corrected chi connectivity index (χ0v) is 11.5. The van der Waals surface area contributed by atoms with Crippen LogP contribution in [0.3, 0.4) is 0 Å². The first kappa shape index (κ1) is 13.3. The molecular formula is C12H17NO4S. The molecule has 1 aliphatic heterocycles. The van der Waals surface area contributed by atoms with Gasteiger partial charge in [0.2, 0.25) is 10.0 Å². The fourth-order valence-corrected chi connectivity index (χ4v) is 3.82. The molecule has 0 amide bonds. The topological polar surface area (TPSA) is 66.8 Å². The number of benzene rings is 1. The van der Waals surface area contributed by atoms with E-state index in [9.17, 15) is 13.5 Å². The summed E-state index contributed by atoms with van der Waals surface area (Å²) >= 11 is 0. The summed E-state index contributed by atoms with van der Waals surface area (Å²) in [5.74, 6) is 0.676. The van der Waals surface area contributed by atoms with Crippen molar-refractivity contribution in [3.05, 3.63) is 23.3 Å². The van der Waals surface area contributed by atoms with Crippen LogP contribution in [-0.2, 0) is 10.0 Å². The molecule has 1 N–H and O–H groups in total. The van der Waals surface area contributed by atoms with Crippen LogP contribution in [-0.4, -0.2) is 44.1 Å². The lowest BCUT2D eigenvalue weighted by Gasteiger charge is -2.35. The fraction of sp³-hybridized carbons (Fsp3) is 0.500. The minimum absolute atomic E-state index is 0.173. The summed E-state index contributed by atoms with van der Waals surface area (Å²) in [6.45, 7) is 3.94. The Balaban J connectivity index is 2.43. The minimum atomic E-state index is -3.50. The van der Waals surface area contributed by atoms with Gasteiger partial charge in [0, 0.05) is 13.1 Å². The molecule has 0 atom stereocenters. The highest BCUT2D eigenvalue weighted by atomic mass is 32.2. The molecule has 0 saturated carbocycles. The number of sulfonamides is 1. The van der Waals surface area contributed by atoms with Crippen LogP contribution in [0.15, 0.2) is 17.0 Å². The van der Waals surface area contributed by atoms with Gasteiger partial charge in [-0.25, -0.2) is 8.42 Å². The molecule has 0 unspecified atom stereocenters. The maximum Gasteiger partial charge on any atom is 0.243 e. The van der Waals surface area contributed by atoms with Crippen molar-refractivity contribution in [1.29, 1.82) is 0 Å². The largest absolute Gasteiger partial charge is 0.496 e. The molecule has 0 aliphatic carbocycles. The predicted molar refractivity (Wildman–Crippen MR) is 67.2 cm³/mol. The fourth-order valence-electron chi connectivity index (χ4n) is 2.02. The molecule has 2 rings (SSSR count). The highest BCUT2D eigenvalue weighted by Gasteiger charge is 2.36. The molecule has 1 saturated heterocycles. The van der Waals surface area contributed by atoms with E-state index >= 15 is 0 Å². The molecular weight excluding hydrogens is 254 g/mol. The van der Waals surface area contributed by atoms with Crippen LogP contribution >= 0.6 is 0 Å². The third-order valence-electron chi connectivity index (χ3n) is 3.35. The average Bonchev–Trinajstić information content (AvgIpc) is 2.28. The zero-order chi connectivity index (χ0) is 13.5. The van der Waals surface area contributed by atoms with Crippen LogP contribution in [0.2, 0.25) is 0 Å². The third kappa shape index (κ3) is 2.00. The second kappa shape index (κ2) is 4.53. The summed E-state index contributed by atoms with van der Waals surface area (Å²) < 4.78 is 31.1. The first-order chi connectivity index (χ1) is 8.37. The van der Waals surface area contributed by atoms with Gasteiger partial charge in [-0.3, -0.25) is 0 Å². The SMILES string of the molecule is COc1ccc(S(=O)(=O)N2CC(O)C2)c(C)c1C. The van der Waals surface area contributed by atoms with E-state index in [2.05, 4.69) is 0 Å². The van der Waals surface area contributed by atoms with Gasteiger partial charge in [-0.05, 0) is 37.1 Å². The molecule has 100 valence electrons. The summed E-state index contributed by atoms with van der Waals surface area (Å²) in [6, 6.07) is 3.21. The van der Waals surface area contributed by atoms with Gasteiger partial charge in [0.15, 0.2) is 0 Å². The van der Waals surface area contributed by atoms with Crippen LogP contribution in [0, 0.1) is 13.8 Å². The summed E-state index contributed by atoms with van der Waals surface area (Å²) in [7, 11) is -1.94. The number of ether oxygens (including phenoxy) is 1. The maximum atomic E-state index is 12.3. The van der Waals surface area contributed by atoms with Gasteiger partial charge in [0.1, 0.15) is 5.75 Å². The van der Waals surface area contributed by atoms with Crippen molar-refractivity contribution < 1.29 is 18.3 Å². The Kier molecular flexibility index (Phi) is 3.35. The van der Waals surface area contributed by atoms with Crippen LogP contribution in [0.5, 0.6) is 5.75 Å². The number of rotatable bonds is 3. The van der Waals surface area contributed by atoms with Gasteiger partial charge >= 0.3 is 0 Å². The number of methoxy groups -OCH3 is 1. The lowest BCUT2D eigenvalue weighted by molar-refractivity contribution is 0.0547. The Hall–Kier alpha value is -1.11. The van der Waals surface area contributed by atoms with Crippen molar-refractivity contribution in [1.82, 2.24) is 4.31 Å². The summed E-state index contributed by atoms with van der Waals surface area (Å²) in [5.41, 5.74) is 1.51. The number of aliphatic hydroxyl groups is 1. The van der Waals surface area contributed by atoms with E-state index in [-0.39, 0.29) is 18.0 Å². The molecule has 1 aliphatic rings. The Morgan fingerprint density at radius 3 is 2.39 bits per heavy atom. The number of β-amino-alcohol motifs (C(OH)–C–C–N with tert-alkyl or cyclic N) is 1. The molecule has 1 aromatic carbocycles. The number of aliphatic hydroxyl groups excluding tert-OH is 1. The van der Waals surface area contributed by atoms with Crippen molar-refractivity contribution in [2.45, 2.75) is 24.8 Å². The molecule has 1 aromatic rings. The normalized spacial score (nSPS) is 17.6. The summed E-state index contributed by atoms with van der Waals surface area (Å²) in [4.78, 5) is 0.285. The average molecular weight is 271 g/mol. The minimum Gasteiger partial charge on any atom is -0.496 e. The van der Waals surface area contributed by atoms with Gasteiger partial charge in [-0.1, -0.05) is 0 Å². The molecule has 18 heavy (non-hydrogen) atoms. The van der Waals surface area contributed by atoms with Crippen molar-refractivity contribution in [3.8, 4) is 5.75 Å². The van der Waals surface area contributed by atoms with Crippen LogP contribution in [0.25, 0.3) is 0 Å². The molecule has 0 bridgehead atoms. The highest BCUT2D eigenvalue weighted by Crippen LogP contribution is 2.30. The van der Waals surface area contributed by atoms with E-state index < -0.39 is 16.1 Å². The van der Waals surface area contributed by atoms with Crippen LogP contribution in [0.4, 0.5) is 0 Å². The van der Waals surface area contributed by atoms with Gasteiger partial charge in [0.05, 0.1) is 18.1 Å². The monoisotopic (exact) mass is 271 g/mol. The molecule has 0 radical (unpaired) electrons. The molecule has 5 nitrogen and oxygen atoms in total. The van der Waals surface area contributed by atoms with Crippen LogP contribution in [0.1, 0.15) is 11.1 Å². The molecule has 1 fully saturated rings. The van der Waals surface area contributed by atoms with Gasteiger partial charge < -0.3 is 9.84 Å². The second-order valence-corrected chi connectivity index (χ2v) is 6.40. The van der Waals surface area contributed by atoms with Gasteiger partial charge in [0.25, 0.3) is 0 Å². The van der Waals surface area contributed by atoms with E-state index in [1.165, 1.54) is 4.31 Å². The van der Waals surface area contributed by atoms with E-state index in [0.29, 0.717) is 11.3 Å². The molecule has 0 spiro atoms. The quantitative estimate of drug-likeness (QED) is 0.878. The van der Waals surface area contributed by atoms with E-state index in [1.54, 1.807) is 26.2 Å². The van der Waals surface area contributed by atoms with Gasteiger partial charge in [-0.2, -0.15) is 4.31 Å². The Morgan fingerprint density at radius 1 is 1.28 bits per heavy atom. The van der Waals surface area contributed by atoms with Crippen molar-refractivity contribution >= 4 is 10.0 Å². The molecule has 0 aromatic heterocycles. The van der Waals surface area contributed by atoms with Crippen molar-refractivity contribution in [2.75, 3.05) is 20.2 Å². The Labute approximate surface area is 107 Å². The number of nitrogens with zero attached hydrogens (tertiary/aromatic N) is 1. The number of hydrogen-bond donors (Lipinski definition) is 1. The van der Waals surface area contributed by atoms with Crippen molar-refractivity contribution in [3.63, 3.8) is 0 Å². The summed E-state index contributed by atoms with van der Waals surface area (Å²) in [5, 5.41) is 9.21. The first-order valence-electron chi connectivity index (χ1n) is 5.70. The van der Waals surface area contributed by atoms with Gasteiger partial charge in [-0.15, -0.1) is 0 Å². The van der Waals surface area contributed by atoms with E-state index in [4.69, 9.17) is 4.74 Å². The third-order valence-corrected chi connectivity index (χ3v) is 5.33. The van der Waals surface area contributed by atoms with E-state index in [0.717, 1.165) is 5.56 Å². The maximum absolute atomic E-state index is 12.3. The lowest BCUT2D eigenvalue weighted by Crippen LogP contribution is -2.53. The van der Waals surface area contributed by atoms with Crippen molar-refractivity contribution in [2.24, 2.45) is 0 Å². The zero-order valence-electron chi connectivity index (χ0n) is 10.7. The summed E-state index contributed by atoms with van der Waals surface area (Å²) in [6.07, 6.45) is -0.542. The standard InChI is InChI=1S/C12H17NO4S/c1-8-9(2)12(5-4-11(8)17-3)18(15,16)13-6-10(14)7-13/h4-5,10,14H,6-7H2,1-3H3. The van der Waals surface area contributed by atoms with E-state index in [1.807, 2.05) is 6.92 Å². The molecule has 6 heteroatoms. The lowest BCUT2D eigenvalue weighted by atomic mass is 10.1. The second-order valence-electron chi connectivity index (χ2n) is 4.49. The predicted octanol–water partition coefficient (Wildman–Crippen LogP) is 0.677. The number of hydrogen-bond acceptors (Lipinski definition) is 4. The Bertz CT molecular complexity index is 562. The Morgan fingerprint density at radius 2 is 1.89 bits per heavy atom. The molecule has 1 heterocycles. The first-order valence-corrected chi connectivity index (χ1v) is 7.14. The van der Waals surface area contributed by atoms with Crippen LogP contribution < -0.4 is 4.74 Å². The smallest absolute Gasteiger partial charge is 0.243 e.